The van der Waals surface area contributed by atoms with Gasteiger partial charge in [-0.1, -0.05) is 11.6 Å². The van der Waals surface area contributed by atoms with Crippen molar-refractivity contribution in [1.29, 1.82) is 0 Å². The monoisotopic (exact) mass is 293 g/mol. The largest absolute Gasteiger partial charge is 0.459 e. The minimum absolute atomic E-state index is 0.136. The van der Waals surface area contributed by atoms with E-state index in [1.165, 1.54) is 12.5 Å². The number of halogens is 1. The lowest BCUT2D eigenvalue weighted by Gasteiger charge is -2.05. The molecule has 0 unspecified atom stereocenters. The van der Waals surface area contributed by atoms with Gasteiger partial charge >= 0.3 is 0 Å². The van der Waals surface area contributed by atoms with Gasteiger partial charge in [-0.3, -0.25) is 9.59 Å². The van der Waals surface area contributed by atoms with Crippen LogP contribution in [0.4, 0.5) is 5.82 Å². The minimum Gasteiger partial charge on any atom is -0.459 e. The van der Waals surface area contributed by atoms with Gasteiger partial charge in [-0.05, 0) is 24.3 Å². The van der Waals surface area contributed by atoms with Crippen molar-refractivity contribution in [3.05, 3.63) is 47.5 Å². The molecule has 2 N–H and O–H groups in total. The molecule has 20 heavy (non-hydrogen) atoms. The van der Waals surface area contributed by atoms with E-state index in [9.17, 15) is 9.59 Å². The number of carbonyl (C=O) groups excluding carboxylic acids is 2. The predicted octanol–water partition coefficient (Wildman–Crippen LogP) is 2.09. The van der Waals surface area contributed by atoms with E-state index in [4.69, 9.17) is 16.0 Å². The molecular weight excluding hydrogens is 282 g/mol. The fourth-order valence-corrected chi connectivity index (χ4v) is 1.55. The first kappa shape index (κ1) is 14.1. The van der Waals surface area contributed by atoms with Gasteiger partial charge in [-0.2, -0.15) is 0 Å². The summed E-state index contributed by atoms with van der Waals surface area (Å²) < 4.78 is 4.92. The van der Waals surface area contributed by atoms with Crippen LogP contribution in [-0.4, -0.2) is 23.3 Å². The van der Waals surface area contributed by atoms with Crippen molar-refractivity contribution in [3.8, 4) is 0 Å². The van der Waals surface area contributed by atoms with Gasteiger partial charge in [0, 0.05) is 19.2 Å². The highest BCUT2D eigenvalue weighted by Gasteiger charge is 2.09. The molecule has 0 atom stereocenters. The molecule has 0 bridgehead atoms. The van der Waals surface area contributed by atoms with Gasteiger partial charge in [0.15, 0.2) is 5.76 Å². The Balaban J connectivity index is 1.73. The van der Waals surface area contributed by atoms with Crippen molar-refractivity contribution in [1.82, 2.24) is 10.3 Å². The summed E-state index contributed by atoms with van der Waals surface area (Å²) in [5.41, 5.74) is 0. The number of amides is 2. The van der Waals surface area contributed by atoms with Gasteiger partial charge < -0.3 is 15.1 Å². The number of hydrogen-bond acceptors (Lipinski definition) is 4. The molecule has 0 radical (unpaired) electrons. The molecule has 0 spiro atoms. The summed E-state index contributed by atoms with van der Waals surface area (Å²) in [7, 11) is 0. The highest BCUT2D eigenvalue weighted by atomic mass is 35.5. The SMILES string of the molecule is O=C(CCNC(=O)c1ccco1)Nc1ccc(Cl)cn1. The quantitative estimate of drug-likeness (QED) is 0.884. The lowest BCUT2D eigenvalue weighted by molar-refractivity contribution is -0.116. The Kier molecular flexibility index (Phi) is 4.73. The average Bonchev–Trinajstić information content (AvgIpc) is 2.95. The summed E-state index contributed by atoms with van der Waals surface area (Å²) in [4.78, 5) is 27.1. The lowest BCUT2D eigenvalue weighted by atomic mass is 10.3. The topological polar surface area (TPSA) is 84.2 Å². The zero-order chi connectivity index (χ0) is 14.4. The van der Waals surface area contributed by atoms with Crippen LogP contribution in [0.5, 0.6) is 0 Å². The Morgan fingerprint density at radius 2 is 2.15 bits per heavy atom. The molecule has 0 saturated heterocycles. The summed E-state index contributed by atoms with van der Waals surface area (Å²) in [5.74, 6) is 0.0218. The zero-order valence-corrected chi connectivity index (χ0v) is 11.2. The molecule has 2 rings (SSSR count). The standard InChI is InChI=1S/C13H12ClN3O3/c14-9-3-4-11(16-8-9)17-12(18)5-6-15-13(19)10-2-1-7-20-10/h1-4,7-8H,5-6H2,(H,15,19)(H,16,17,18). The van der Waals surface area contributed by atoms with Crippen molar-refractivity contribution in [2.75, 3.05) is 11.9 Å². The highest BCUT2D eigenvalue weighted by Crippen LogP contribution is 2.09. The highest BCUT2D eigenvalue weighted by molar-refractivity contribution is 6.30. The molecule has 0 aliphatic heterocycles. The lowest BCUT2D eigenvalue weighted by Crippen LogP contribution is -2.27. The van der Waals surface area contributed by atoms with E-state index in [1.807, 2.05) is 0 Å². The molecule has 2 heterocycles. The van der Waals surface area contributed by atoms with Crippen LogP contribution in [0.1, 0.15) is 17.0 Å². The summed E-state index contributed by atoms with van der Waals surface area (Å²) in [6.45, 7) is 0.207. The molecule has 104 valence electrons. The second-order valence-corrected chi connectivity index (χ2v) is 4.33. The third-order valence-electron chi connectivity index (χ3n) is 2.38. The van der Waals surface area contributed by atoms with E-state index in [-0.39, 0.29) is 30.5 Å². The second kappa shape index (κ2) is 6.72. The van der Waals surface area contributed by atoms with Crippen molar-refractivity contribution >= 4 is 29.2 Å². The van der Waals surface area contributed by atoms with Gasteiger partial charge in [0.25, 0.3) is 5.91 Å². The Labute approximate surface area is 120 Å². The van der Waals surface area contributed by atoms with E-state index >= 15 is 0 Å². The molecule has 7 heteroatoms. The third kappa shape index (κ3) is 4.10. The smallest absolute Gasteiger partial charge is 0.286 e. The first-order chi connectivity index (χ1) is 9.65. The van der Waals surface area contributed by atoms with Crippen molar-refractivity contribution in [2.45, 2.75) is 6.42 Å². The maximum absolute atomic E-state index is 11.6. The second-order valence-electron chi connectivity index (χ2n) is 3.89. The first-order valence-electron chi connectivity index (χ1n) is 5.88. The summed E-state index contributed by atoms with van der Waals surface area (Å²) >= 11 is 5.68. The predicted molar refractivity (Wildman–Crippen MR) is 73.5 cm³/mol. The number of furan rings is 1. The van der Waals surface area contributed by atoms with Gasteiger partial charge in [-0.25, -0.2) is 4.98 Å². The number of hydrogen-bond donors (Lipinski definition) is 2. The molecule has 0 saturated carbocycles. The molecule has 0 aromatic carbocycles. The molecule has 2 amide bonds. The number of anilines is 1. The van der Waals surface area contributed by atoms with E-state index in [0.29, 0.717) is 10.8 Å². The van der Waals surface area contributed by atoms with Crippen LogP contribution in [0.3, 0.4) is 0 Å². The zero-order valence-electron chi connectivity index (χ0n) is 10.4. The van der Waals surface area contributed by atoms with Crippen LogP contribution in [-0.2, 0) is 4.79 Å². The van der Waals surface area contributed by atoms with E-state index in [1.54, 1.807) is 24.3 Å². The van der Waals surface area contributed by atoms with Crippen LogP contribution in [0.25, 0.3) is 0 Å². The molecular formula is C13H12ClN3O3. The number of rotatable bonds is 5. The van der Waals surface area contributed by atoms with E-state index in [0.717, 1.165) is 0 Å². The Bertz CT molecular complexity index is 581. The maximum atomic E-state index is 11.6. The van der Waals surface area contributed by atoms with Crippen molar-refractivity contribution in [2.24, 2.45) is 0 Å². The summed E-state index contributed by atoms with van der Waals surface area (Å²) in [6, 6.07) is 6.39. The third-order valence-corrected chi connectivity index (χ3v) is 2.60. The first-order valence-corrected chi connectivity index (χ1v) is 6.26. The van der Waals surface area contributed by atoms with Gasteiger partial charge in [0.05, 0.1) is 11.3 Å². The van der Waals surface area contributed by atoms with Gasteiger partial charge in [0.1, 0.15) is 5.82 Å². The van der Waals surface area contributed by atoms with Crippen LogP contribution >= 0.6 is 11.6 Å². The number of pyridine rings is 1. The number of nitrogens with zero attached hydrogens (tertiary/aromatic N) is 1. The normalized spacial score (nSPS) is 10.1. The van der Waals surface area contributed by atoms with Crippen LogP contribution in [0.15, 0.2) is 41.1 Å². The van der Waals surface area contributed by atoms with Gasteiger partial charge in [-0.15, -0.1) is 0 Å². The Morgan fingerprint density at radius 1 is 1.30 bits per heavy atom. The molecule has 2 aromatic rings. The number of nitrogens with one attached hydrogen (secondary N) is 2. The van der Waals surface area contributed by atoms with Crippen molar-refractivity contribution in [3.63, 3.8) is 0 Å². The maximum Gasteiger partial charge on any atom is 0.286 e. The molecule has 0 aliphatic carbocycles. The van der Waals surface area contributed by atoms with Gasteiger partial charge in [0.2, 0.25) is 5.91 Å². The Hall–Kier alpha value is -2.34. The summed E-state index contributed by atoms with van der Waals surface area (Å²) in [5, 5.41) is 5.66. The average molecular weight is 294 g/mol. The molecule has 0 aliphatic rings. The number of aromatic nitrogens is 1. The fraction of sp³-hybridized carbons (Fsp3) is 0.154. The van der Waals surface area contributed by atoms with E-state index < -0.39 is 0 Å². The molecule has 6 nitrogen and oxygen atoms in total. The number of carbonyl (C=O) groups is 2. The van der Waals surface area contributed by atoms with Crippen LogP contribution in [0.2, 0.25) is 5.02 Å². The molecule has 0 fully saturated rings. The van der Waals surface area contributed by atoms with E-state index in [2.05, 4.69) is 15.6 Å². The minimum atomic E-state index is -0.354. The van der Waals surface area contributed by atoms with Crippen LogP contribution in [0, 0.1) is 0 Å². The van der Waals surface area contributed by atoms with Crippen molar-refractivity contribution < 1.29 is 14.0 Å². The summed E-state index contributed by atoms with van der Waals surface area (Å²) in [6.07, 6.45) is 2.99. The fourth-order valence-electron chi connectivity index (χ4n) is 1.44. The molecule has 2 aromatic heterocycles. The van der Waals surface area contributed by atoms with Crippen LogP contribution < -0.4 is 10.6 Å². The Morgan fingerprint density at radius 3 is 2.80 bits per heavy atom.